The summed E-state index contributed by atoms with van der Waals surface area (Å²) in [4.78, 5) is 24.5. The molecular formula is C26H23Cl3N2O7S. The van der Waals surface area contributed by atoms with Crippen LogP contribution < -0.4 is 10.6 Å². The lowest BCUT2D eigenvalue weighted by Crippen LogP contribution is -2.42. The van der Waals surface area contributed by atoms with Crippen LogP contribution in [0.15, 0.2) is 71.6 Å². The van der Waals surface area contributed by atoms with E-state index in [9.17, 15) is 33.3 Å². The number of hydrogen-bond donors (Lipinski definition) is 5. The van der Waals surface area contributed by atoms with Crippen LogP contribution in [0.3, 0.4) is 0 Å². The van der Waals surface area contributed by atoms with Gasteiger partial charge in [-0.1, -0.05) is 59.6 Å². The molecule has 3 rings (SSSR count). The average Bonchev–Trinajstić information content (AvgIpc) is 2.86. The molecule has 3 aromatic rings. The van der Waals surface area contributed by atoms with Crippen molar-refractivity contribution in [1.29, 1.82) is 0 Å². The Morgan fingerprint density at radius 3 is 2.26 bits per heavy atom. The molecule has 0 aliphatic rings. The Hall–Kier alpha value is -3.12. The largest absolute Gasteiger partial charge is 0.507 e. The summed E-state index contributed by atoms with van der Waals surface area (Å²) in [6.07, 6.45) is 1.67. The van der Waals surface area contributed by atoms with Crippen molar-refractivity contribution in [3.63, 3.8) is 0 Å². The SMILES string of the molecule is O=C(N[C@@H](Cc1cccc(S(=O)(=O)Cl)c1)C(=O)O)c1c(Cl)cc(CNC(O)/C=C/c2ccccc2O)cc1Cl. The molecule has 0 fully saturated rings. The first kappa shape index (κ1) is 30.4. The lowest BCUT2D eigenvalue weighted by Gasteiger charge is -2.17. The Kier molecular flexibility index (Phi) is 10.4. The maximum atomic E-state index is 12.9. The van der Waals surface area contributed by atoms with Crippen molar-refractivity contribution in [1.82, 2.24) is 10.6 Å². The topological polar surface area (TPSA) is 153 Å². The third kappa shape index (κ3) is 8.69. The molecule has 206 valence electrons. The molecule has 2 atom stereocenters. The van der Waals surface area contributed by atoms with Crippen LogP contribution in [0.2, 0.25) is 10.0 Å². The van der Waals surface area contributed by atoms with Gasteiger partial charge in [0, 0.05) is 29.2 Å². The first-order valence-electron chi connectivity index (χ1n) is 11.3. The predicted molar refractivity (Wildman–Crippen MR) is 149 cm³/mol. The van der Waals surface area contributed by atoms with Crippen molar-refractivity contribution in [3.8, 4) is 5.75 Å². The normalized spacial score (nSPS) is 13.2. The number of carbonyl (C=O) groups is 2. The van der Waals surface area contributed by atoms with Crippen molar-refractivity contribution in [2.45, 2.75) is 30.1 Å². The number of aromatic hydroxyl groups is 1. The number of phenolic OH excluding ortho intramolecular Hbond substituents is 1. The van der Waals surface area contributed by atoms with Gasteiger partial charge in [0.2, 0.25) is 0 Å². The first-order chi connectivity index (χ1) is 18.3. The van der Waals surface area contributed by atoms with Crippen LogP contribution in [0.4, 0.5) is 0 Å². The Labute approximate surface area is 239 Å². The number of carboxylic acid groups (broad SMARTS) is 1. The molecule has 39 heavy (non-hydrogen) atoms. The molecule has 0 bridgehead atoms. The summed E-state index contributed by atoms with van der Waals surface area (Å²) in [6, 6.07) is 13.5. The fraction of sp³-hybridized carbons (Fsp3) is 0.154. The van der Waals surface area contributed by atoms with E-state index in [0.717, 1.165) is 0 Å². The van der Waals surface area contributed by atoms with E-state index in [1.807, 2.05) is 0 Å². The highest BCUT2D eigenvalue weighted by molar-refractivity contribution is 8.13. The standard InChI is InChI=1S/C26H23Cl3N2O7S/c27-19-11-16(14-30-23(33)9-8-17-5-1-2-7-22(17)32)12-20(28)24(19)25(34)31-21(26(35)36)13-15-4-3-6-18(10-15)39(29,37)38/h1-12,21,23,30,32-33H,13-14H2,(H,31,34)(H,35,36)/b9-8+/t21-,23?/m0/s1. The minimum Gasteiger partial charge on any atom is -0.507 e. The molecule has 0 spiro atoms. The highest BCUT2D eigenvalue weighted by atomic mass is 35.7. The number of aliphatic carboxylic acids is 1. The molecule has 0 saturated heterocycles. The van der Waals surface area contributed by atoms with Crippen LogP contribution in [0.5, 0.6) is 5.75 Å². The zero-order valence-electron chi connectivity index (χ0n) is 20.0. The van der Waals surface area contributed by atoms with E-state index in [-0.39, 0.29) is 39.2 Å². The lowest BCUT2D eigenvalue weighted by molar-refractivity contribution is -0.139. The Morgan fingerprint density at radius 1 is 0.974 bits per heavy atom. The summed E-state index contributed by atoms with van der Waals surface area (Å²) < 4.78 is 23.2. The number of benzene rings is 3. The van der Waals surface area contributed by atoms with Crippen LogP contribution in [0, 0.1) is 0 Å². The fourth-order valence-corrected chi connectivity index (χ4v) is 5.07. The maximum Gasteiger partial charge on any atom is 0.326 e. The van der Waals surface area contributed by atoms with E-state index in [1.165, 1.54) is 48.5 Å². The summed E-state index contributed by atoms with van der Waals surface area (Å²) in [7, 11) is 1.33. The fourth-order valence-electron chi connectivity index (χ4n) is 3.55. The van der Waals surface area contributed by atoms with E-state index in [1.54, 1.807) is 24.3 Å². The molecule has 13 heteroatoms. The second kappa shape index (κ2) is 13.3. The van der Waals surface area contributed by atoms with E-state index < -0.39 is 33.2 Å². The molecule has 0 heterocycles. The summed E-state index contributed by atoms with van der Waals surface area (Å²) in [6.45, 7) is 0.116. The number of phenols is 1. The van der Waals surface area contributed by atoms with E-state index in [0.29, 0.717) is 16.7 Å². The predicted octanol–water partition coefficient (Wildman–Crippen LogP) is 4.17. The molecule has 0 aromatic heterocycles. The minimum atomic E-state index is -4.02. The molecule has 0 aliphatic heterocycles. The smallest absolute Gasteiger partial charge is 0.326 e. The molecule has 0 saturated carbocycles. The van der Waals surface area contributed by atoms with Crippen LogP contribution in [0.25, 0.3) is 6.08 Å². The summed E-state index contributed by atoms with van der Waals surface area (Å²) >= 11 is 12.6. The first-order valence-corrected chi connectivity index (χ1v) is 14.3. The zero-order chi connectivity index (χ0) is 28.7. The van der Waals surface area contributed by atoms with Gasteiger partial charge in [0.25, 0.3) is 15.0 Å². The molecule has 0 aliphatic carbocycles. The summed E-state index contributed by atoms with van der Waals surface area (Å²) in [5.41, 5.74) is 1.23. The Morgan fingerprint density at radius 2 is 1.64 bits per heavy atom. The van der Waals surface area contributed by atoms with Crippen molar-refractivity contribution >= 4 is 60.9 Å². The molecule has 3 aromatic carbocycles. The molecule has 0 radical (unpaired) electrons. The van der Waals surface area contributed by atoms with E-state index >= 15 is 0 Å². The third-order valence-corrected chi connectivity index (χ3v) is 7.41. The number of amides is 1. The van der Waals surface area contributed by atoms with Gasteiger partial charge in [0.15, 0.2) is 0 Å². The van der Waals surface area contributed by atoms with Gasteiger partial charge >= 0.3 is 5.97 Å². The molecular weight excluding hydrogens is 591 g/mol. The number of nitrogens with one attached hydrogen (secondary N) is 2. The van der Waals surface area contributed by atoms with Gasteiger partial charge in [0.05, 0.1) is 20.5 Å². The van der Waals surface area contributed by atoms with Gasteiger partial charge < -0.3 is 20.6 Å². The number of hydrogen-bond acceptors (Lipinski definition) is 7. The third-order valence-electron chi connectivity index (χ3n) is 5.46. The van der Waals surface area contributed by atoms with Crippen molar-refractivity contribution < 1.29 is 33.3 Å². The lowest BCUT2D eigenvalue weighted by atomic mass is 10.0. The maximum absolute atomic E-state index is 12.9. The van der Waals surface area contributed by atoms with Gasteiger partial charge in [-0.15, -0.1) is 0 Å². The summed E-state index contributed by atoms with van der Waals surface area (Å²) in [5.74, 6) is -2.14. The number of aliphatic hydroxyl groups is 1. The number of aliphatic hydroxyl groups excluding tert-OH is 1. The molecule has 9 nitrogen and oxygen atoms in total. The zero-order valence-corrected chi connectivity index (χ0v) is 23.1. The van der Waals surface area contributed by atoms with Crippen LogP contribution in [-0.4, -0.2) is 47.9 Å². The van der Waals surface area contributed by atoms with Crippen LogP contribution in [-0.2, 0) is 26.8 Å². The van der Waals surface area contributed by atoms with Crippen LogP contribution in [0.1, 0.15) is 27.0 Å². The second-order valence-corrected chi connectivity index (χ2v) is 11.7. The number of carbonyl (C=O) groups excluding carboxylic acids is 1. The number of rotatable bonds is 11. The van der Waals surface area contributed by atoms with Crippen molar-refractivity contribution in [2.24, 2.45) is 0 Å². The van der Waals surface area contributed by atoms with Crippen LogP contribution >= 0.6 is 33.9 Å². The minimum absolute atomic E-state index is 0.0459. The van der Waals surface area contributed by atoms with E-state index in [2.05, 4.69) is 10.6 Å². The quantitative estimate of drug-likeness (QED) is 0.160. The number of halogens is 3. The average molecular weight is 614 g/mol. The highest BCUT2D eigenvalue weighted by Gasteiger charge is 2.25. The van der Waals surface area contributed by atoms with Crippen molar-refractivity contribution in [3.05, 3.63) is 99.0 Å². The monoisotopic (exact) mass is 612 g/mol. The van der Waals surface area contributed by atoms with Crippen molar-refractivity contribution in [2.75, 3.05) is 0 Å². The van der Waals surface area contributed by atoms with E-state index in [4.69, 9.17) is 33.9 Å². The Bertz CT molecular complexity index is 1490. The molecule has 1 unspecified atom stereocenters. The molecule has 1 amide bonds. The summed E-state index contributed by atoms with van der Waals surface area (Å²) in [5, 5.41) is 34.7. The van der Waals surface area contributed by atoms with Gasteiger partial charge in [-0.05, 0) is 47.5 Å². The second-order valence-electron chi connectivity index (χ2n) is 8.33. The molecule has 5 N–H and O–H groups in total. The van der Waals surface area contributed by atoms with Gasteiger partial charge in [-0.3, -0.25) is 10.1 Å². The van der Waals surface area contributed by atoms with Gasteiger partial charge in [0.1, 0.15) is 18.0 Å². The number of carboxylic acids is 1. The Balaban J connectivity index is 1.68. The van der Waals surface area contributed by atoms with Gasteiger partial charge in [-0.2, -0.15) is 0 Å². The number of para-hydroxylation sites is 1. The van der Waals surface area contributed by atoms with Gasteiger partial charge in [-0.25, -0.2) is 13.2 Å². The highest BCUT2D eigenvalue weighted by Crippen LogP contribution is 2.27.